The van der Waals surface area contributed by atoms with Gasteiger partial charge < -0.3 is 10.6 Å². The minimum absolute atomic E-state index is 0.145. The molecular weight excluding hydrogens is 222 g/mol. The minimum Gasteiger partial charge on any atom is -0.387 e. The molecule has 0 rings (SSSR count). The van der Waals surface area contributed by atoms with E-state index in [4.69, 9.17) is 11.1 Å². The Hall–Kier alpha value is -0.570. The first kappa shape index (κ1) is 17.4. The molecule has 3 N–H and O–H groups in total. The van der Waals surface area contributed by atoms with Crippen LogP contribution in [0.1, 0.15) is 60.8 Å². The SMILES string of the molecule is CC(N(C)CCCCC(C)(C)C(=N)N)C(C)(C)C. The summed E-state index contributed by atoms with van der Waals surface area (Å²) in [7, 11) is 2.20. The first-order valence-electron chi connectivity index (χ1n) is 7.03. The fourth-order valence-corrected chi connectivity index (χ4v) is 1.92. The molecule has 3 heteroatoms. The maximum Gasteiger partial charge on any atom is 0.0963 e. The van der Waals surface area contributed by atoms with Crippen molar-refractivity contribution < 1.29 is 0 Å². The Morgan fingerprint density at radius 3 is 2.06 bits per heavy atom. The van der Waals surface area contributed by atoms with Gasteiger partial charge in [0, 0.05) is 11.5 Å². The lowest BCUT2D eigenvalue weighted by Crippen LogP contribution is -2.39. The Kier molecular flexibility index (Phi) is 6.35. The number of rotatable bonds is 7. The second kappa shape index (κ2) is 6.55. The highest BCUT2D eigenvalue weighted by molar-refractivity contribution is 5.82. The quantitative estimate of drug-likeness (QED) is 0.416. The molecule has 0 aliphatic heterocycles. The molecule has 0 radical (unpaired) electrons. The molecule has 0 saturated carbocycles. The Balaban J connectivity index is 3.97. The van der Waals surface area contributed by atoms with Gasteiger partial charge in [-0.1, -0.05) is 41.0 Å². The number of amidine groups is 1. The summed E-state index contributed by atoms with van der Waals surface area (Å²) in [5.74, 6) is 0.305. The first-order chi connectivity index (χ1) is 7.98. The van der Waals surface area contributed by atoms with Crippen molar-refractivity contribution in [2.75, 3.05) is 13.6 Å². The van der Waals surface area contributed by atoms with Crippen molar-refractivity contribution >= 4 is 5.84 Å². The van der Waals surface area contributed by atoms with E-state index in [2.05, 4.69) is 53.5 Å². The summed E-state index contributed by atoms with van der Waals surface area (Å²) in [6.07, 6.45) is 3.31. The molecule has 0 fully saturated rings. The Labute approximate surface area is 114 Å². The highest BCUT2D eigenvalue weighted by atomic mass is 15.1. The third kappa shape index (κ3) is 5.85. The van der Waals surface area contributed by atoms with E-state index >= 15 is 0 Å². The van der Waals surface area contributed by atoms with Gasteiger partial charge in [0.2, 0.25) is 0 Å². The molecule has 0 bridgehead atoms. The van der Waals surface area contributed by atoms with Crippen molar-refractivity contribution in [3.05, 3.63) is 0 Å². The average molecular weight is 255 g/mol. The van der Waals surface area contributed by atoms with Crippen LogP contribution >= 0.6 is 0 Å². The summed E-state index contributed by atoms with van der Waals surface area (Å²) >= 11 is 0. The van der Waals surface area contributed by atoms with E-state index in [0.717, 1.165) is 19.4 Å². The number of hydrogen-bond donors (Lipinski definition) is 2. The van der Waals surface area contributed by atoms with E-state index < -0.39 is 0 Å². The highest BCUT2D eigenvalue weighted by Gasteiger charge is 2.24. The Morgan fingerprint density at radius 1 is 1.17 bits per heavy atom. The zero-order valence-electron chi connectivity index (χ0n) is 13.4. The fraction of sp³-hybridized carbons (Fsp3) is 0.933. The predicted octanol–water partition coefficient (Wildman–Crippen LogP) is 3.49. The number of hydrogen-bond acceptors (Lipinski definition) is 2. The first-order valence-corrected chi connectivity index (χ1v) is 7.03. The van der Waals surface area contributed by atoms with E-state index in [1.165, 1.54) is 6.42 Å². The Bertz CT molecular complexity index is 263. The average Bonchev–Trinajstić information content (AvgIpc) is 2.21. The van der Waals surface area contributed by atoms with Gasteiger partial charge in [-0.3, -0.25) is 5.41 Å². The second-order valence-electron chi connectivity index (χ2n) is 7.28. The van der Waals surface area contributed by atoms with Crippen LogP contribution < -0.4 is 5.73 Å². The lowest BCUT2D eigenvalue weighted by molar-refractivity contribution is 0.138. The molecule has 0 aromatic heterocycles. The van der Waals surface area contributed by atoms with Gasteiger partial charge in [-0.25, -0.2) is 0 Å². The molecule has 0 aliphatic rings. The lowest BCUT2D eigenvalue weighted by Gasteiger charge is -2.35. The predicted molar refractivity (Wildman–Crippen MR) is 81.1 cm³/mol. The van der Waals surface area contributed by atoms with Crippen molar-refractivity contribution in [2.45, 2.75) is 66.8 Å². The third-order valence-electron chi connectivity index (χ3n) is 4.21. The highest BCUT2D eigenvalue weighted by Crippen LogP contribution is 2.25. The summed E-state index contributed by atoms with van der Waals surface area (Å²) in [6.45, 7) is 14.4. The molecule has 1 atom stereocenters. The topological polar surface area (TPSA) is 53.1 Å². The second-order valence-corrected chi connectivity index (χ2v) is 7.28. The maximum absolute atomic E-state index is 7.53. The number of nitrogens with zero attached hydrogens (tertiary/aromatic N) is 1. The van der Waals surface area contributed by atoms with Crippen LogP contribution in [0.5, 0.6) is 0 Å². The molecule has 18 heavy (non-hydrogen) atoms. The van der Waals surface area contributed by atoms with E-state index in [9.17, 15) is 0 Å². The molecule has 0 saturated heterocycles. The zero-order valence-corrected chi connectivity index (χ0v) is 13.4. The molecule has 3 nitrogen and oxygen atoms in total. The van der Waals surface area contributed by atoms with Gasteiger partial charge in [0.15, 0.2) is 0 Å². The van der Waals surface area contributed by atoms with Crippen molar-refractivity contribution in [1.29, 1.82) is 5.41 Å². The summed E-state index contributed by atoms with van der Waals surface area (Å²) in [6, 6.07) is 0.582. The van der Waals surface area contributed by atoms with Crippen LogP contribution in [0.4, 0.5) is 0 Å². The molecule has 0 spiro atoms. The smallest absolute Gasteiger partial charge is 0.0963 e. The third-order valence-corrected chi connectivity index (χ3v) is 4.21. The lowest BCUT2D eigenvalue weighted by atomic mass is 9.85. The van der Waals surface area contributed by atoms with Crippen molar-refractivity contribution in [2.24, 2.45) is 16.6 Å². The zero-order chi connectivity index (χ0) is 14.6. The van der Waals surface area contributed by atoms with Crippen LogP contribution in [0.25, 0.3) is 0 Å². The van der Waals surface area contributed by atoms with Crippen LogP contribution in [-0.4, -0.2) is 30.4 Å². The van der Waals surface area contributed by atoms with Crippen molar-refractivity contribution in [3.63, 3.8) is 0 Å². The minimum atomic E-state index is -0.145. The molecule has 0 amide bonds. The van der Waals surface area contributed by atoms with E-state index in [0.29, 0.717) is 17.3 Å². The molecule has 1 unspecified atom stereocenters. The van der Waals surface area contributed by atoms with E-state index in [1.54, 1.807) is 0 Å². The molecular formula is C15H33N3. The van der Waals surface area contributed by atoms with E-state index in [-0.39, 0.29) is 5.41 Å². The van der Waals surface area contributed by atoms with Gasteiger partial charge in [-0.05, 0) is 38.8 Å². The summed E-state index contributed by atoms with van der Waals surface area (Å²) in [4.78, 5) is 2.43. The number of nitrogens with one attached hydrogen (secondary N) is 1. The number of unbranched alkanes of at least 4 members (excludes halogenated alkanes) is 1. The molecule has 0 aliphatic carbocycles. The molecule has 0 aromatic rings. The molecule has 0 aromatic carbocycles. The van der Waals surface area contributed by atoms with Gasteiger partial charge in [0.25, 0.3) is 0 Å². The fourth-order valence-electron chi connectivity index (χ4n) is 1.92. The largest absolute Gasteiger partial charge is 0.387 e. The monoisotopic (exact) mass is 255 g/mol. The van der Waals surface area contributed by atoms with Crippen molar-refractivity contribution in [1.82, 2.24) is 4.90 Å². The standard InChI is InChI=1S/C15H33N3/c1-12(14(2,3)4)18(7)11-9-8-10-15(5,6)13(16)17/h12H,8-11H2,1-7H3,(H3,16,17). The van der Waals surface area contributed by atoms with Crippen LogP contribution in [0.3, 0.4) is 0 Å². The van der Waals surface area contributed by atoms with Gasteiger partial charge in [0.1, 0.15) is 0 Å². The van der Waals surface area contributed by atoms with Crippen LogP contribution in [0.2, 0.25) is 0 Å². The van der Waals surface area contributed by atoms with Gasteiger partial charge in [-0.2, -0.15) is 0 Å². The number of nitrogens with two attached hydrogens (primary N) is 1. The van der Waals surface area contributed by atoms with Crippen LogP contribution in [-0.2, 0) is 0 Å². The van der Waals surface area contributed by atoms with Crippen LogP contribution in [0.15, 0.2) is 0 Å². The van der Waals surface area contributed by atoms with Gasteiger partial charge in [0.05, 0.1) is 5.84 Å². The maximum atomic E-state index is 7.53. The van der Waals surface area contributed by atoms with Gasteiger partial charge >= 0.3 is 0 Å². The Morgan fingerprint density at radius 2 is 1.67 bits per heavy atom. The van der Waals surface area contributed by atoms with Crippen molar-refractivity contribution in [3.8, 4) is 0 Å². The molecule has 108 valence electrons. The summed E-state index contributed by atoms with van der Waals surface area (Å²) < 4.78 is 0. The van der Waals surface area contributed by atoms with E-state index in [1.807, 2.05) is 0 Å². The molecule has 0 heterocycles. The normalized spacial score (nSPS) is 14.9. The van der Waals surface area contributed by atoms with Gasteiger partial charge in [-0.15, -0.1) is 0 Å². The summed E-state index contributed by atoms with van der Waals surface area (Å²) in [5.41, 5.74) is 5.77. The van der Waals surface area contributed by atoms with Crippen LogP contribution in [0, 0.1) is 16.2 Å². The summed E-state index contributed by atoms with van der Waals surface area (Å²) in [5, 5.41) is 7.53.